The number of hydrogen-bond donors (Lipinski definition) is 2. The molecule has 2 aromatic carbocycles. The number of rotatable bonds is 9. The van der Waals surface area contributed by atoms with Gasteiger partial charge in [-0.15, -0.1) is 0 Å². The van der Waals surface area contributed by atoms with Crippen LogP contribution < -0.4 is 14.9 Å². The molecule has 36 heavy (non-hydrogen) atoms. The van der Waals surface area contributed by atoms with Gasteiger partial charge < -0.3 is 9.15 Å². The van der Waals surface area contributed by atoms with Gasteiger partial charge in [-0.25, -0.2) is 28.5 Å². The number of amides is 1. The summed E-state index contributed by atoms with van der Waals surface area (Å²) in [5.41, 5.74) is 3.55. The molecule has 1 amide bonds. The van der Waals surface area contributed by atoms with E-state index in [2.05, 4.69) is 25.2 Å². The van der Waals surface area contributed by atoms with Gasteiger partial charge in [0.05, 0.1) is 17.2 Å². The SMILES string of the molecule is CC(C)Oc1ccc(C(=O)N/N=C/c2ccc(-c3ccc(S(=O)(=O)Nc4ncccn4)cc3)o2)cc1. The first-order valence-electron chi connectivity index (χ1n) is 10.9. The summed E-state index contributed by atoms with van der Waals surface area (Å²) in [5, 5.41) is 3.93. The molecule has 2 aromatic heterocycles. The van der Waals surface area contributed by atoms with Gasteiger partial charge in [-0.05, 0) is 80.6 Å². The number of ether oxygens (including phenoxy) is 1. The number of sulfonamides is 1. The summed E-state index contributed by atoms with van der Waals surface area (Å²) >= 11 is 0. The van der Waals surface area contributed by atoms with E-state index in [1.165, 1.54) is 30.7 Å². The zero-order chi connectivity index (χ0) is 25.5. The Kier molecular flexibility index (Phi) is 7.40. The van der Waals surface area contributed by atoms with Crippen molar-refractivity contribution in [1.82, 2.24) is 15.4 Å². The van der Waals surface area contributed by atoms with Gasteiger partial charge in [0.15, 0.2) is 0 Å². The van der Waals surface area contributed by atoms with Crippen molar-refractivity contribution >= 4 is 28.1 Å². The first kappa shape index (κ1) is 24.6. The maximum Gasteiger partial charge on any atom is 0.271 e. The summed E-state index contributed by atoms with van der Waals surface area (Å²) in [4.78, 5) is 20.0. The smallest absolute Gasteiger partial charge is 0.271 e. The van der Waals surface area contributed by atoms with Crippen LogP contribution in [-0.4, -0.2) is 36.6 Å². The molecule has 0 atom stereocenters. The average Bonchev–Trinajstić information content (AvgIpc) is 3.33. The fraction of sp³-hybridized carbons (Fsp3) is 0.120. The Hall–Kier alpha value is -4.51. The molecule has 0 aliphatic rings. The van der Waals surface area contributed by atoms with Crippen LogP contribution >= 0.6 is 0 Å². The number of hydrazone groups is 1. The minimum Gasteiger partial charge on any atom is -0.491 e. The van der Waals surface area contributed by atoms with Crippen molar-refractivity contribution in [3.05, 3.63) is 90.4 Å². The molecule has 0 radical (unpaired) electrons. The lowest BCUT2D eigenvalue weighted by molar-refractivity contribution is 0.0955. The van der Waals surface area contributed by atoms with Crippen LogP contribution in [0, 0.1) is 0 Å². The highest BCUT2D eigenvalue weighted by Gasteiger charge is 2.16. The molecule has 0 saturated heterocycles. The maximum atomic E-state index is 12.5. The number of carbonyl (C=O) groups is 1. The maximum absolute atomic E-state index is 12.5. The van der Waals surface area contributed by atoms with Gasteiger partial charge in [-0.2, -0.15) is 5.10 Å². The highest BCUT2D eigenvalue weighted by atomic mass is 32.2. The van der Waals surface area contributed by atoms with E-state index in [1.807, 2.05) is 13.8 Å². The highest BCUT2D eigenvalue weighted by Crippen LogP contribution is 2.24. The zero-order valence-corrected chi connectivity index (χ0v) is 20.3. The molecule has 0 spiro atoms. The van der Waals surface area contributed by atoms with Crippen LogP contribution in [0.4, 0.5) is 5.95 Å². The standard InChI is InChI=1S/C25H23N5O5S/c1-17(2)34-20-8-4-19(5-9-20)24(31)29-28-16-21-10-13-23(35-21)18-6-11-22(12-7-18)36(32,33)30-25-26-14-3-15-27-25/h3-17H,1-2H3,(H,29,31)(H,26,27,30)/b28-16+. The first-order chi connectivity index (χ1) is 17.3. The largest absolute Gasteiger partial charge is 0.491 e. The van der Waals surface area contributed by atoms with Crippen molar-refractivity contribution in [2.75, 3.05) is 4.72 Å². The molecule has 2 heterocycles. The number of furan rings is 1. The van der Waals surface area contributed by atoms with Crippen molar-refractivity contribution in [2.45, 2.75) is 24.8 Å². The van der Waals surface area contributed by atoms with E-state index in [0.717, 1.165) is 0 Å². The Morgan fingerprint density at radius 2 is 1.69 bits per heavy atom. The summed E-state index contributed by atoms with van der Waals surface area (Å²) < 4.78 is 38.6. The Balaban J connectivity index is 1.36. The van der Waals surface area contributed by atoms with Crippen LogP contribution in [0.1, 0.15) is 30.0 Å². The molecule has 0 bridgehead atoms. The number of carbonyl (C=O) groups excluding carboxylic acids is 1. The molecule has 0 aliphatic carbocycles. The van der Waals surface area contributed by atoms with E-state index in [-0.39, 0.29) is 22.9 Å². The quantitative estimate of drug-likeness (QED) is 0.258. The van der Waals surface area contributed by atoms with Gasteiger partial charge in [0.1, 0.15) is 17.3 Å². The van der Waals surface area contributed by atoms with E-state index in [4.69, 9.17) is 9.15 Å². The Bertz CT molecular complexity index is 1450. The topological polar surface area (TPSA) is 136 Å². The van der Waals surface area contributed by atoms with E-state index < -0.39 is 10.0 Å². The number of nitrogens with one attached hydrogen (secondary N) is 2. The van der Waals surface area contributed by atoms with E-state index in [9.17, 15) is 13.2 Å². The van der Waals surface area contributed by atoms with Gasteiger partial charge in [0.25, 0.3) is 15.9 Å². The van der Waals surface area contributed by atoms with Crippen molar-refractivity contribution in [1.29, 1.82) is 0 Å². The van der Waals surface area contributed by atoms with Crippen LogP contribution in [-0.2, 0) is 10.0 Å². The highest BCUT2D eigenvalue weighted by molar-refractivity contribution is 7.92. The summed E-state index contributed by atoms with van der Waals surface area (Å²) in [6, 6.07) is 17.9. The lowest BCUT2D eigenvalue weighted by atomic mass is 10.2. The first-order valence-corrected chi connectivity index (χ1v) is 12.4. The van der Waals surface area contributed by atoms with Crippen LogP contribution in [0.15, 0.2) is 93.5 Å². The minimum absolute atomic E-state index is 0.0132. The molecule has 184 valence electrons. The molecule has 0 unspecified atom stereocenters. The molecular weight excluding hydrogens is 482 g/mol. The van der Waals surface area contributed by atoms with Crippen LogP contribution in [0.2, 0.25) is 0 Å². The number of benzene rings is 2. The number of anilines is 1. The summed E-state index contributed by atoms with van der Waals surface area (Å²) in [6.07, 6.45) is 4.31. The molecule has 4 aromatic rings. The molecule has 4 rings (SSSR count). The molecule has 11 heteroatoms. The summed E-state index contributed by atoms with van der Waals surface area (Å²) in [6.45, 7) is 3.85. The molecule has 0 aliphatic heterocycles. The summed E-state index contributed by atoms with van der Waals surface area (Å²) in [7, 11) is -3.83. The van der Waals surface area contributed by atoms with Crippen LogP contribution in [0.3, 0.4) is 0 Å². The lowest BCUT2D eigenvalue weighted by Crippen LogP contribution is -2.17. The van der Waals surface area contributed by atoms with Crippen molar-refractivity contribution in [3.63, 3.8) is 0 Å². The lowest BCUT2D eigenvalue weighted by Gasteiger charge is -2.09. The van der Waals surface area contributed by atoms with Crippen molar-refractivity contribution in [3.8, 4) is 17.1 Å². The minimum atomic E-state index is -3.83. The second-order valence-corrected chi connectivity index (χ2v) is 9.48. The Morgan fingerprint density at radius 3 is 2.36 bits per heavy atom. The predicted octanol–water partition coefficient (Wildman–Crippen LogP) is 4.09. The number of aromatic nitrogens is 2. The van der Waals surface area contributed by atoms with Crippen LogP contribution in [0.5, 0.6) is 5.75 Å². The van der Waals surface area contributed by atoms with Gasteiger partial charge in [-0.3, -0.25) is 4.79 Å². The molecular formula is C25H23N5O5S. The van der Waals surface area contributed by atoms with Gasteiger partial charge in [0.2, 0.25) is 5.95 Å². The average molecular weight is 506 g/mol. The van der Waals surface area contributed by atoms with E-state index >= 15 is 0 Å². The number of hydrogen-bond acceptors (Lipinski definition) is 8. The van der Waals surface area contributed by atoms with E-state index in [1.54, 1.807) is 54.6 Å². The van der Waals surface area contributed by atoms with Crippen molar-refractivity contribution in [2.24, 2.45) is 5.10 Å². The zero-order valence-electron chi connectivity index (χ0n) is 19.5. The summed E-state index contributed by atoms with van der Waals surface area (Å²) in [5.74, 6) is 1.21. The second kappa shape index (κ2) is 10.8. The normalized spacial score (nSPS) is 11.5. The van der Waals surface area contributed by atoms with Gasteiger partial charge in [-0.1, -0.05) is 0 Å². The molecule has 0 saturated carbocycles. The van der Waals surface area contributed by atoms with Gasteiger partial charge in [0, 0.05) is 23.5 Å². The fourth-order valence-electron chi connectivity index (χ4n) is 3.08. The van der Waals surface area contributed by atoms with Crippen molar-refractivity contribution < 1.29 is 22.4 Å². The van der Waals surface area contributed by atoms with Crippen LogP contribution in [0.25, 0.3) is 11.3 Å². The second-order valence-electron chi connectivity index (χ2n) is 7.79. The predicted molar refractivity (Wildman–Crippen MR) is 134 cm³/mol. The third-order valence-corrected chi connectivity index (χ3v) is 6.06. The fourth-order valence-corrected chi connectivity index (χ4v) is 4.04. The van der Waals surface area contributed by atoms with Gasteiger partial charge >= 0.3 is 0 Å². The molecule has 10 nitrogen and oxygen atoms in total. The third kappa shape index (κ3) is 6.33. The third-order valence-electron chi connectivity index (χ3n) is 4.71. The van der Waals surface area contributed by atoms with E-state index in [0.29, 0.717) is 28.4 Å². The molecule has 0 fully saturated rings. The monoisotopic (exact) mass is 505 g/mol. The number of nitrogens with zero attached hydrogens (tertiary/aromatic N) is 3. The Labute approximate surface area is 208 Å². The Morgan fingerprint density at radius 1 is 1.00 bits per heavy atom. The molecule has 2 N–H and O–H groups in total.